The molecule has 0 aliphatic heterocycles. The molecule has 0 heterocycles. The SMILES string of the molecule is CNCCOCCOCCOCC(=O)NC(C)C1CCCCC1. The highest BCUT2D eigenvalue weighted by atomic mass is 16.5. The zero-order valence-electron chi connectivity index (χ0n) is 14.8. The summed E-state index contributed by atoms with van der Waals surface area (Å²) in [4.78, 5) is 11.8. The second-order valence-corrected chi connectivity index (χ2v) is 6.14. The maximum Gasteiger partial charge on any atom is 0.246 e. The molecule has 0 radical (unpaired) electrons. The van der Waals surface area contributed by atoms with E-state index >= 15 is 0 Å². The molecular formula is C17H34N2O4. The van der Waals surface area contributed by atoms with Crippen LogP contribution < -0.4 is 10.6 Å². The maximum absolute atomic E-state index is 11.8. The van der Waals surface area contributed by atoms with Crippen LogP contribution in [-0.2, 0) is 19.0 Å². The second-order valence-electron chi connectivity index (χ2n) is 6.14. The molecule has 1 atom stereocenters. The number of hydrogen-bond acceptors (Lipinski definition) is 5. The van der Waals surface area contributed by atoms with Gasteiger partial charge in [-0.25, -0.2) is 0 Å². The summed E-state index contributed by atoms with van der Waals surface area (Å²) in [5, 5.41) is 6.06. The molecule has 0 aromatic carbocycles. The van der Waals surface area contributed by atoms with Crippen molar-refractivity contribution in [2.45, 2.75) is 45.1 Å². The Hall–Kier alpha value is -0.690. The van der Waals surface area contributed by atoms with Crippen LogP contribution in [0.3, 0.4) is 0 Å². The molecule has 1 rings (SSSR count). The zero-order chi connectivity index (χ0) is 16.8. The monoisotopic (exact) mass is 330 g/mol. The molecule has 136 valence electrons. The van der Waals surface area contributed by atoms with Gasteiger partial charge >= 0.3 is 0 Å². The van der Waals surface area contributed by atoms with Gasteiger partial charge in [-0.1, -0.05) is 19.3 Å². The normalized spacial score (nSPS) is 17.1. The lowest BCUT2D eigenvalue weighted by Crippen LogP contribution is -2.40. The Morgan fingerprint density at radius 2 is 1.61 bits per heavy atom. The number of carbonyl (C=O) groups excluding carboxylic acids is 1. The van der Waals surface area contributed by atoms with E-state index in [1.807, 2.05) is 7.05 Å². The lowest BCUT2D eigenvalue weighted by atomic mass is 9.84. The molecule has 1 aliphatic carbocycles. The minimum absolute atomic E-state index is 0.0292. The molecule has 6 nitrogen and oxygen atoms in total. The van der Waals surface area contributed by atoms with E-state index in [-0.39, 0.29) is 18.6 Å². The summed E-state index contributed by atoms with van der Waals surface area (Å²) in [6, 6.07) is 0.248. The number of likely N-dealkylation sites (N-methyl/N-ethyl adjacent to an activating group) is 1. The fourth-order valence-electron chi connectivity index (χ4n) is 2.83. The van der Waals surface area contributed by atoms with Crippen molar-refractivity contribution >= 4 is 5.91 Å². The summed E-state index contributed by atoms with van der Waals surface area (Å²) >= 11 is 0. The van der Waals surface area contributed by atoms with Crippen LogP contribution in [0.5, 0.6) is 0 Å². The summed E-state index contributed by atoms with van der Waals surface area (Å²) in [5.74, 6) is 0.595. The molecule has 1 unspecified atom stereocenters. The van der Waals surface area contributed by atoms with Crippen molar-refractivity contribution < 1.29 is 19.0 Å². The molecule has 0 saturated heterocycles. The van der Waals surface area contributed by atoms with Crippen LogP contribution >= 0.6 is 0 Å². The van der Waals surface area contributed by atoms with Crippen LogP contribution in [0, 0.1) is 5.92 Å². The number of carbonyl (C=O) groups is 1. The molecule has 0 aromatic heterocycles. The quantitative estimate of drug-likeness (QED) is 0.499. The molecule has 1 fully saturated rings. The van der Waals surface area contributed by atoms with Gasteiger partial charge in [0, 0.05) is 12.6 Å². The number of ether oxygens (including phenoxy) is 3. The standard InChI is InChI=1S/C17H34N2O4/c1-15(16-6-4-3-5-7-16)19-17(20)14-23-13-12-22-11-10-21-9-8-18-2/h15-16,18H,3-14H2,1-2H3,(H,19,20). The van der Waals surface area contributed by atoms with Crippen LogP contribution in [-0.4, -0.2) is 65.2 Å². The van der Waals surface area contributed by atoms with Crippen molar-refractivity contribution in [1.82, 2.24) is 10.6 Å². The topological polar surface area (TPSA) is 68.8 Å². The van der Waals surface area contributed by atoms with Gasteiger partial charge in [0.05, 0.1) is 33.0 Å². The maximum atomic E-state index is 11.8. The molecule has 0 aromatic rings. The van der Waals surface area contributed by atoms with E-state index in [0.717, 1.165) is 6.54 Å². The highest BCUT2D eigenvalue weighted by molar-refractivity contribution is 5.77. The highest BCUT2D eigenvalue weighted by Crippen LogP contribution is 2.26. The Kier molecular flexibility index (Phi) is 12.1. The van der Waals surface area contributed by atoms with Gasteiger partial charge in [0.15, 0.2) is 0 Å². The lowest BCUT2D eigenvalue weighted by molar-refractivity contribution is -0.127. The predicted molar refractivity (Wildman–Crippen MR) is 90.6 cm³/mol. The summed E-state index contributed by atoms with van der Waals surface area (Å²) in [6.45, 7) is 5.80. The van der Waals surface area contributed by atoms with Gasteiger partial charge in [0.1, 0.15) is 6.61 Å². The zero-order valence-corrected chi connectivity index (χ0v) is 14.8. The lowest BCUT2D eigenvalue weighted by Gasteiger charge is -2.28. The molecule has 6 heteroatoms. The number of rotatable bonds is 13. The Morgan fingerprint density at radius 3 is 2.26 bits per heavy atom. The van der Waals surface area contributed by atoms with Crippen molar-refractivity contribution in [3.05, 3.63) is 0 Å². The smallest absolute Gasteiger partial charge is 0.246 e. The molecule has 0 bridgehead atoms. The van der Waals surface area contributed by atoms with E-state index in [9.17, 15) is 4.79 Å². The number of nitrogens with one attached hydrogen (secondary N) is 2. The fraction of sp³-hybridized carbons (Fsp3) is 0.941. The van der Waals surface area contributed by atoms with E-state index in [1.165, 1.54) is 32.1 Å². The summed E-state index contributed by atoms with van der Waals surface area (Å²) < 4.78 is 16.0. The fourth-order valence-corrected chi connectivity index (χ4v) is 2.83. The van der Waals surface area contributed by atoms with Crippen LogP contribution in [0.4, 0.5) is 0 Å². The van der Waals surface area contributed by atoms with Gasteiger partial charge < -0.3 is 24.8 Å². The molecule has 1 aliphatic rings. The summed E-state index contributed by atoms with van der Waals surface area (Å²) in [5.41, 5.74) is 0. The molecule has 23 heavy (non-hydrogen) atoms. The van der Waals surface area contributed by atoms with E-state index in [0.29, 0.717) is 39.0 Å². The summed E-state index contributed by atoms with van der Waals surface area (Å²) in [6.07, 6.45) is 6.37. The van der Waals surface area contributed by atoms with Gasteiger partial charge in [0.25, 0.3) is 0 Å². The van der Waals surface area contributed by atoms with Crippen molar-refractivity contribution in [2.24, 2.45) is 5.92 Å². The van der Waals surface area contributed by atoms with Crippen LogP contribution in [0.15, 0.2) is 0 Å². The van der Waals surface area contributed by atoms with Gasteiger partial charge in [0.2, 0.25) is 5.91 Å². The van der Waals surface area contributed by atoms with Gasteiger partial charge in [-0.05, 0) is 32.7 Å². The van der Waals surface area contributed by atoms with E-state index in [1.54, 1.807) is 0 Å². The first-order chi connectivity index (χ1) is 11.2. The first kappa shape index (κ1) is 20.4. The third kappa shape index (κ3) is 10.7. The minimum atomic E-state index is -0.0292. The van der Waals surface area contributed by atoms with E-state index in [4.69, 9.17) is 14.2 Å². The van der Waals surface area contributed by atoms with Gasteiger partial charge in [-0.15, -0.1) is 0 Å². The van der Waals surface area contributed by atoms with Gasteiger partial charge in [-0.3, -0.25) is 4.79 Å². The Balaban J connectivity index is 1.89. The minimum Gasteiger partial charge on any atom is -0.378 e. The second kappa shape index (κ2) is 13.7. The van der Waals surface area contributed by atoms with Crippen molar-refractivity contribution in [1.29, 1.82) is 0 Å². The molecule has 0 spiro atoms. The Bertz CT molecular complexity index is 296. The largest absolute Gasteiger partial charge is 0.378 e. The number of hydrogen-bond donors (Lipinski definition) is 2. The average Bonchev–Trinajstić information content (AvgIpc) is 2.57. The van der Waals surface area contributed by atoms with Crippen LogP contribution in [0.2, 0.25) is 0 Å². The predicted octanol–water partition coefficient (Wildman–Crippen LogP) is 1.34. The van der Waals surface area contributed by atoms with Crippen LogP contribution in [0.1, 0.15) is 39.0 Å². The third-order valence-electron chi connectivity index (χ3n) is 4.22. The molecule has 1 saturated carbocycles. The highest BCUT2D eigenvalue weighted by Gasteiger charge is 2.21. The van der Waals surface area contributed by atoms with Gasteiger partial charge in [-0.2, -0.15) is 0 Å². The Morgan fingerprint density at radius 1 is 1.00 bits per heavy atom. The Labute approximate surface area is 140 Å². The molecule has 1 amide bonds. The number of amides is 1. The van der Waals surface area contributed by atoms with Crippen molar-refractivity contribution in [2.75, 3.05) is 53.2 Å². The van der Waals surface area contributed by atoms with Crippen molar-refractivity contribution in [3.63, 3.8) is 0 Å². The molecule has 2 N–H and O–H groups in total. The first-order valence-electron chi connectivity index (χ1n) is 8.91. The van der Waals surface area contributed by atoms with E-state index in [2.05, 4.69) is 17.6 Å². The van der Waals surface area contributed by atoms with E-state index < -0.39 is 0 Å². The third-order valence-corrected chi connectivity index (χ3v) is 4.22. The van der Waals surface area contributed by atoms with Crippen molar-refractivity contribution in [3.8, 4) is 0 Å². The summed E-state index contributed by atoms with van der Waals surface area (Å²) in [7, 11) is 1.89. The average molecular weight is 330 g/mol. The first-order valence-corrected chi connectivity index (χ1v) is 8.91. The molecular weight excluding hydrogens is 296 g/mol. The van der Waals surface area contributed by atoms with Crippen LogP contribution in [0.25, 0.3) is 0 Å².